The Morgan fingerprint density at radius 1 is 1.50 bits per heavy atom. The van der Waals surface area contributed by atoms with Gasteiger partial charge in [0.05, 0.1) is 6.42 Å². The van der Waals surface area contributed by atoms with Gasteiger partial charge in [0, 0.05) is 19.6 Å². The molecule has 0 saturated heterocycles. The lowest BCUT2D eigenvalue weighted by molar-refractivity contribution is -0.137. The SMILES string of the molecule is CCCC(CC(=O)O)NC(=O)N(C)CC1CC1C. The minimum Gasteiger partial charge on any atom is -0.481 e. The van der Waals surface area contributed by atoms with E-state index in [-0.39, 0.29) is 18.5 Å². The Morgan fingerprint density at radius 3 is 2.56 bits per heavy atom. The molecule has 0 aromatic carbocycles. The van der Waals surface area contributed by atoms with Crippen LogP contribution >= 0.6 is 0 Å². The molecule has 0 aromatic heterocycles. The van der Waals surface area contributed by atoms with Crippen LogP contribution in [-0.2, 0) is 4.79 Å². The third-order valence-electron chi connectivity index (χ3n) is 3.52. The van der Waals surface area contributed by atoms with Gasteiger partial charge in [0.1, 0.15) is 0 Å². The lowest BCUT2D eigenvalue weighted by Crippen LogP contribution is -2.44. The first kappa shape index (κ1) is 14.8. The van der Waals surface area contributed by atoms with E-state index in [0.29, 0.717) is 18.3 Å². The zero-order valence-corrected chi connectivity index (χ0v) is 11.5. The second-order valence-corrected chi connectivity index (χ2v) is 5.39. The van der Waals surface area contributed by atoms with Crippen LogP contribution < -0.4 is 5.32 Å². The quantitative estimate of drug-likeness (QED) is 0.731. The number of carboxylic acids is 1. The average Bonchev–Trinajstić information content (AvgIpc) is 2.93. The summed E-state index contributed by atoms with van der Waals surface area (Å²) in [4.78, 5) is 24.3. The van der Waals surface area contributed by atoms with Gasteiger partial charge in [-0.25, -0.2) is 4.79 Å². The van der Waals surface area contributed by atoms with Crippen molar-refractivity contribution >= 4 is 12.0 Å². The largest absolute Gasteiger partial charge is 0.481 e. The normalized spacial score (nSPS) is 23.3. The fraction of sp³-hybridized carbons (Fsp3) is 0.846. The van der Waals surface area contributed by atoms with Crippen LogP contribution in [0.25, 0.3) is 0 Å². The van der Waals surface area contributed by atoms with E-state index in [1.54, 1.807) is 11.9 Å². The molecule has 0 aliphatic heterocycles. The zero-order chi connectivity index (χ0) is 13.7. The standard InChI is InChI=1S/C13H24N2O3/c1-4-5-11(7-12(16)17)14-13(18)15(3)8-10-6-9(10)2/h9-11H,4-8H2,1-3H3,(H,14,18)(H,16,17). The molecule has 1 aliphatic carbocycles. The minimum atomic E-state index is -0.868. The highest BCUT2D eigenvalue weighted by molar-refractivity contribution is 5.75. The molecule has 0 radical (unpaired) electrons. The van der Waals surface area contributed by atoms with Gasteiger partial charge in [0.15, 0.2) is 0 Å². The molecule has 3 unspecified atom stereocenters. The number of nitrogens with zero attached hydrogens (tertiary/aromatic N) is 1. The third-order valence-corrected chi connectivity index (χ3v) is 3.52. The number of hydrogen-bond acceptors (Lipinski definition) is 2. The van der Waals surface area contributed by atoms with E-state index < -0.39 is 5.97 Å². The summed E-state index contributed by atoms with van der Waals surface area (Å²) in [5.41, 5.74) is 0. The number of rotatable bonds is 7. The van der Waals surface area contributed by atoms with Gasteiger partial charge in [-0.05, 0) is 24.7 Å². The number of aliphatic carboxylic acids is 1. The van der Waals surface area contributed by atoms with Crippen molar-refractivity contribution in [2.24, 2.45) is 11.8 Å². The van der Waals surface area contributed by atoms with Crippen LogP contribution in [0.4, 0.5) is 4.79 Å². The second-order valence-electron chi connectivity index (χ2n) is 5.39. The topological polar surface area (TPSA) is 69.6 Å². The summed E-state index contributed by atoms with van der Waals surface area (Å²) in [6.45, 7) is 4.93. The van der Waals surface area contributed by atoms with Gasteiger partial charge in [0.25, 0.3) is 0 Å². The number of urea groups is 1. The molecule has 104 valence electrons. The van der Waals surface area contributed by atoms with E-state index in [9.17, 15) is 9.59 Å². The van der Waals surface area contributed by atoms with Gasteiger partial charge in [0.2, 0.25) is 0 Å². The van der Waals surface area contributed by atoms with Crippen molar-refractivity contribution in [3.63, 3.8) is 0 Å². The first-order valence-electron chi connectivity index (χ1n) is 6.67. The molecule has 0 heterocycles. The first-order valence-corrected chi connectivity index (χ1v) is 6.67. The van der Waals surface area contributed by atoms with Gasteiger partial charge >= 0.3 is 12.0 Å². The van der Waals surface area contributed by atoms with Crippen LogP contribution in [0.5, 0.6) is 0 Å². The van der Waals surface area contributed by atoms with Crippen molar-refractivity contribution in [1.82, 2.24) is 10.2 Å². The van der Waals surface area contributed by atoms with E-state index in [1.807, 2.05) is 6.92 Å². The van der Waals surface area contributed by atoms with Crippen LogP contribution in [0.1, 0.15) is 39.5 Å². The average molecular weight is 256 g/mol. The molecular weight excluding hydrogens is 232 g/mol. The number of amides is 2. The van der Waals surface area contributed by atoms with Gasteiger partial charge in [-0.1, -0.05) is 20.3 Å². The number of carbonyl (C=O) groups excluding carboxylic acids is 1. The zero-order valence-electron chi connectivity index (χ0n) is 11.5. The van der Waals surface area contributed by atoms with Crippen molar-refractivity contribution in [2.45, 2.75) is 45.6 Å². The lowest BCUT2D eigenvalue weighted by atomic mass is 10.1. The Kier molecular flexibility index (Phi) is 5.44. The Morgan fingerprint density at radius 2 is 2.11 bits per heavy atom. The monoisotopic (exact) mass is 256 g/mol. The molecule has 2 N–H and O–H groups in total. The molecule has 0 bridgehead atoms. The Bertz CT molecular complexity index is 307. The van der Waals surface area contributed by atoms with Crippen LogP contribution in [0.3, 0.4) is 0 Å². The molecule has 1 rings (SSSR count). The molecule has 1 saturated carbocycles. The molecule has 0 aromatic rings. The second kappa shape index (κ2) is 6.61. The van der Waals surface area contributed by atoms with Gasteiger partial charge in [-0.15, -0.1) is 0 Å². The minimum absolute atomic E-state index is 0.00670. The summed E-state index contributed by atoms with van der Waals surface area (Å²) in [6.07, 6.45) is 2.74. The van der Waals surface area contributed by atoms with Crippen LogP contribution in [0.15, 0.2) is 0 Å². The molecule has 3 atom stereocenters. The number of nitrogens with one attached hydrogen (secondary N) is 1. The third kappa shape index (κ3) is 4.94. The van der Waals surface area contributed by atoms with E-state index in [4.69, 9.17) is 5.11 Å². The van der Waals surface area contributed by atoms with Crippen LogP contribution in [0, 0.1) is 11.8 Å². The van der Waals surface area contributed by atoms with Crippen molar-refractivity contribution in [3.8, 4) is 0 Å². The fourth-order valence-corrected chi connectivity index (χ4v) is 2.16. The van der Waals surface area contributed by atoms with Gasteiger partial charge in [-0.3, -0.25) is 4.79 Å². The van der Waals surface area contributed by atoms with Gasteiger partial charge in [-0.2, -0.15) is 0 Å². The molecule has 2 amide bonds. The van der Waals surface area contributed by atoms with E-state index in [1.165, 1.54) is 6.42 Å². The number of carbonyl (C=O) groups is 2. The predicted octanol–water partition coefficient (Wildman–Crippen LogP) is 1.93. The van der Waals surface area contributed by atoms with Crippen LogP contribution in [-0.4, -0.2) is 41.6 Å². The first-order chi connectivity index (χ1) is 8.43. The molecular formula is C13H24N2O3. The predicted molar refractivity (Wildman–Crippen MR) is 69.4 cm³/mol. The molecule has 5 heteroatoms. The Hall–Kier alpha value is -1.26. The molecule has 18 heavy (non-hydrogen) atoms. The molecule has 1 aliphatic rings. The number of carboxylic acid groups (broad SMARTS) is 1. The lowest BCUT2D eigenvalue weighted by Gasteiger charge is -2.22. The Labute approximate surface area is 109 Å². The van der Waals surface area contributed by atoms with E-state index in [2.05, 4.69) is 12.2 Å². The molecule has 5 nitrogen and oxygen atoms in total. The maximum atomic E-state index is 11.9. The van der Waals surface area contributed by atoms with Crippen molar-refractivity contribution in [1.29, 1.82) is 0 Å². The highest BCUT2D eigenvalue weighted by Crippen LogP contribution is 2.37. The summed E-state index contributed by atoms with van der Waals surface area (Å²) >= 11 is 0. The van der Waals surface area contributed by atoms with E-state index >= 15 is 0 Å². The van der Waals surface area contributed by atoms with E-state index in [0.717, 1.165) is 13.0 Å². The van der Waals surface area contributed by atoms with Crippen molar-refractivity contribution in [3.05, 3.63) is 0 Å². The molecule has 1 fully saturated rings. The summed E-state index contributed by atoms with van der Waals surface area (Å²) in [7, 11) is 1.77. The fourth-order valence-electron chi connectivity index (χ4n) is 2.16. The highest BCUT2D eigenvalue weighted by atomic mass is 16.4. The smallest absolute Gasteiger partial charge is 0.317 e. The maximum Gasteiger partial charge on any atom is 0.317 e. The Balaban J connectivity index is 2.36. The number of hydrogen-bond donors (Lipinski definition) is 2. The van der Waals surface area contributed by atoms with Crippen molar-refractivity contribution < 1.29 is 14.7 Å². The molecule has 0 spiro atoms. The van der Waals surface area contributed by atoms with Gasteiger partial charge < -0.3 is 15.3 Å². The summed E-state index contributed by atoms with van der Waals surface area (Å²) in [5, 5.41) is 11.6. The maximum absolute atomic E-state index is 11.9. The summed E-state index contributed by atoms with van der Waals surface area (Å²) in [6, 6.07) is -0.423. The van der Waals surface area contributed by atoms with Crippen molar-refractivity contribution in [2.75, 3.05) is 13.6 Å². The van der Waals surface area contributed by atoms with Crippen LogP contribution in [0.2, 0.25) is 0 Å². The summed E-state index contributed by atoms with van der Waals surface area (Å²) in [5.74, 6) is 0.461. The highest BCUT2D eigenvalue weighted by Gasteiger charge is 2.34. The summed E-state index contributed by atoms with van der Waals surface area (Å²) < 4.78 is 0.